The summed E-state index contributed by atoms with van der Waals surface area (Å²) >= 11 is 0. The number of halogens is 3. The van der Waals surface area contributed by atoms with Crippen molar-refractivity contribution in [1.29, 1.82) is 0 Å². The van der Waals surface area contributed by atoms with Crippen LogP contribution in [0.15, 0.2) is 30.5 Å². The lowest BCUT2D eigenvalue weighted by Crippen LogP contribution is -2.17. The second kappa shape index (κ2) is 9.12. The number of alkyl halides is 3. The number of rotatable bonds is 8. The molecule has 1 aromatic carbocycles. The third-order valence-corrected chi connectivity index (χ3v) is 4.52. The molecule has 0 atom stereocenters. The lowest BCUT2D eigenvalue weighted by atomic mass is 10.3. The van der Waals surface area contributed by atoms with Gasteiger partial charge in [0.25, 0.3) is 0 Å². The number of nitrogens with zero attached hydrogens (tertiary/aromatic N) is 2. The summed E-state index contributed by atoms with van der Waals surface area (Å²) in [5.41, 5.74) is -0.306. The molecule has 0 saturated heterocycles. The second-order valence-corrected chi connectivity index (χ2v) is 6.79. The number of nitrogens with one attached hydrogen (secondary N) is 1. The largest absolute Gasteiger partial charge is 0.494 e. The molecule has 1 saturated carbocycles. The van der Waals surface area contributed by atoms with E-state index in [9.17, 15) is 13.2 Å². The molecule has 0 amide bonds. The molecule has 28 heavy (non-hydrogen) atoms. The highest BCUT2D eigenvalue weighted by molar-refractivity contribution is 5.55. The lowest BCUT2D eigenvalue weighted by molar-refractivity contribution is -0.139. The van der Waals surface area contributed by atoms with Gasteiger partial charge in [-0.2, -0.15) is 18.2 Å². The van der Waals surface area contributed by atoms with E-state index in [4.69, 9.17) is 9.47 Å². The summed E-state index contributed by atoms with van der Waals surface area (Å²) in [6.45, 7) is 2.73. The van der Waals surface area contributed by atoms with Crippen molar-refractivity contribution in [2.75, 3.05) is 11.9 Å². The van der Waals surface area contributed by atoms with Gasteiger partial charge in [-0.15, -0.1) is 0 Å². The Labute approximate surface area is 162 Å². The van der Waals surface area contributed by atoms with Crippen LogP contribution in [-0.4, -0.2) is 22.7 Å². The highest BCUT2D eigenvalue weighted by Crippen LogP contribution is 2.37. The first kappa shape index (κ1) is 20.2. The van der Waals surface area contributed by atoms with Gasteiger partial charge in [-0.3, -0.25) is 0 Å². The van der Waals surface area contributed by atoms with Crippen LogP contribution in [0, 0.1) is 0 Å². The molecule has 0 aliphatic heterocycles. The molecule has 1 N–H and O–H groups in total. The summed E-state index contributed by atoms with van der Waals surface area (Å²) in [7, 11) is 0. The van der Waals surface area contributed by atoms with Crippen LogP contribution in [0.3, 0.4) is 0 Å². The van der Waals surface area contributed by atoms with E-state index in [0.29, 0.717) is 12.3 Å². The van der Waals surface area contributed by atoms with Gasteiger partial charge in [0.05, 0.1) is 6.61 Å². The Balaban J connectivity index is 1.72. The zero-order valence-electron chi connectivity index (χ0n) is 15.8. The standard InChI is InChI=1S/C20H24F3N3O2/c1-2-3-12-27-15-10-8-14(9-11-15)25-19-24-13-17(20(21,22)23)18(26-19)28-16-6-4-5-7-16/h8-11,13,16H,2-7,12H2,1H3,(H,24,25,26). The first-order valence-corrected chi connectivity index (χ1v) is 9.56. The smallest absolute Gasteiger partial charge is 0.423 e. The Morgan fingerprint density at radius 3 is 2.50 bits per heavy atom. The fraction of sp³-hybridized carbons (Fsp3) is 0.500. The zero-order chi connectivity index (χ0) is 20.0. The number of hydrogen-bond donors (Lipinski definition) is 1. The molecule has 1 fully saturated rings. The molecular formula is C20H24F3N3O2. The number of benzene rings is 1. The quantitative estimate of drug-likeness (QED) is 0.578. The van der Waals surface area contributed by atoms with E-state index in [0.717, 1.165) is 50.5 Å². The van der Waals surface area contributed by atoms with Crippen LogP contribution in [0.2, 0.25) is 0 Å². The molecule has 0 radical (unpaired) electrons. The Bertz CT molecular complexity index is 760. The van der Waals surface area contributed by atoms with Crippen molar-refractivity contribution in [2.45, 2.75) is 57.7 Å². The predicted octanol–water partition coefficient (Wildman–Crippen LogP) is 5.74. The maximum Gasteiger partial charge on any atom is 0.423 e. The maximum atomic E-state index is 13.3. The summed E-state index contributed by atoms with van der Waals surface area (Å²) in [6, 6.07) is 7.11. The van der Waals surface area contributed by atoms with E-state index in [2.05, 4.69) is 22.2 Å². The molecule has 1 heterocycles. The SMILES string of the molecule is CCCCOc1ccc(Nc2ncc(C(F)(F)F)c(OC3CCCC3)n2)cc1. The van der Waals surface area contributed by atoms with Crippen molar-refractivity contribution >= 4 is 11.6 Å². The topological polar surface area (TPSA) is 56.3 Å². The fourth-order valence-corrected chi connectivity index (χ4v) is 2.97. The van der Waals surface area contributed by atoms with Crippen LogP contribution < -0.4 is 14.8 Å². The summed E-state index contributed by atoms with van der Waals surface area (Å²) in [5, 5.41) is 2.92. The van der Waals surface area contributed by atoms with E-state index >= 15 is 0 Å². The molecular weight excluding hydrogens is 371 g/mol. The minimum Gasteiger partial charge on any atom is -0.494 e. The summed E-state index contributed by atoms with van der Waals surface area (Å²) < 4.78 is 50.9. The zero-order valence-corrected chi connectivity index (χ0v) is 15.8. The average molecular weight is 395 g/mol. The molecule has 1 aliphatic rings. The number of ether oxygens (including phenoxy) is 2. The predicted molar refractivity (Wildman–Crippen MR) is 100 cm³/mol. The van der Waals surface area contributed by atoms with Gasteiger partial charge in [-0.25, -0.2) is 4.98 Å². The maximum absolute atomic E-state index is 13.3. The van der Waals surface area contributed by atoms with Gasteiger partial charge in [-0.1, -0.05) is 13.3 Å². The molecule has 1 aliphatic carbocycles. The van der Waals surface area contributed by atoms with Crippen LogP contribution >= 0.6 is 0 Å². The lowest BCUT2D eigenvalue weighted by Gasteiger charge is -2.17. The van der Waals surface area contributed by atoms with Gasteiger partial charge in [-0.05, 0) is 56.4 Å². The van der Waals surface area contributed by atoms with Crippen LogP contribution in [0.4, 0.5) is 24.8 Å². The first-order chi connectivity index (χ1) is 13.5. The van der Waals surface area contributed by atoms with Crippen molar-refractivity contribution in [2.24, 2.45) is 0 Å². The van der Waals surface area contributed by atoms with Gasteiger partial charge in [0, 0.05) is 11.9 Å². The van der Waals surface area contributed by atoms with Crippen LogP contribution in [0.25, 0.3) is 0 Å². The van der Waals surface area contributed by atoms with E-state index in [1.165, 1.54) is 0 Å². The number of anilines is 2. The third-order valence-electron chi connectivity index (χ3n) is 4.52. The van der Waals surface area contributed by atoms with Gasteiger partial charge in [0.2, 0.25) is 11.8 Å². The van der Waals surface area contributed by atoms with Crippen molar-refractivity contribution in [3.63, 3.8) is 0 Å². The van der Waals surface area contributed by atoms with Crippen molar-refractivity contribution in [1.82, 2.24) is 9.97 Å². The van der Waals surface area contributed by atoms with Crippen molar-refractivity contribution in [3.05, 3.63) is 36.0 Å². The number of aromatic nitrogens is 2. The second-order valence-electron chi connectivity index (χ2n) is 6.79. The van der Waals surface area contributed by atoms with E-state index < -0.39 is 17.6 Å². The monoisotopic (exact) mass is 395 g/mol. The molecule has 0 bridgehead atoms. The van der Waals surface area contributed by atoms with Crippen molar-refractivity contribution in [3.8, 4) is 11.6 Å². The fourth-order valence-electron chi connectivity index (χ4n) is 2.97. The molecule has 1 aromatic heterocycles. The highest BCUT2D eigenvalue weighted by atomic mass is 19.4. The minimum atomic E-state index is -4.57. The van der Waals surface area contributed by atoms with E-state index in [1.807, 2.05) is 0 Å². The van der Waals surface area contributed by atoms with Crippen LogP contribution in [0.5, 0.6) is 11.6 Å². The molecule has 8 heteroatoms. The normalized spacial score (nSPS) is 14.9. The molecule has 5 nitrogen and oxygen atoms in total. The molecule has 0 unspecified atom stereocenters. The number of hydrogen-bond acceptors (Lipinski definition) is 5. The highest BCUT2D eigenvalue weighted by Gasteiger charge is 2.37. The third kappa shape index (κ3) is 5.50. The Kier molecular flexibility index (Phi) is 6.59. The Morgan fingerprint density at radius 2 is 1.86 bits per heavy atom. The van der Waals surface area contributed by atoms with Crippen LogP contribution in [-0.2, 0) is 6.18 Å². The first-order valence-electron chi connectivity index (χ1n) is 9.56. The average Bonchev–Trinajstić information content (AvgIpc) is 3.16. The Morgan fingerprint density at radius 1 is 1.14 bits per heavy atom. The molecule has 2 aromatic rings. The van der Waals surface area contributed by atoms with E-state index in [1.54, 1.807) is 24.3 Å². The van der Waals surface area contributed by atoms with Crippen LogP contribution in [0.1, 0.15) is 51.0 Å². The van der Waals surface area contributed by atoms with Gasteiger partial charge >= 0.3 is 6.18 Å². The minimum absolute atomic E-state index is 0.0562. The van der Waals surface area contributed by atoms with E-state index in [-0.39, 0.29) is 12.1 Å². The van der Waals surface area contributed by atoms with Gasteiger partial charge in [0.1, 0.15) is 17.4 Å². The van der Waals surface area contributed by atoms with Crippen molar-refractivity contribution < 1.29 is 22.6 Å². The molecule has 0 spiro atoms. The van der Waals surface area contributed by atoms with Gasteiger partial charge < -0.3 is 14.8 Å². The molecule has 3 rings (SSSR count). The summed E-state index contributed by atoms with van der Waals surface area (Å²) in [6.07, 6.45) is 1.38. The summed E-state index contributed by atoms with van der Waals surface area (Å²) in [5.74, 6) is 0.370. The Hall–Kier alpha value is -2.51. The summed E-state index contributed by atoms with van der Waals surface area (Å²) in [4.78, 5) is 7.79. The van der Waals surface area contributed by atoms with Gasteiger partial charge in [0.15, 0.2) is 0 Å². The molecule has 152 valence electrons. The number of unbranched alkanes of at least 4 members (excludes halogenated alkanes) is 1.